The van der Waals surface area contributed by atoms with Crippen LogP contribution in [0.4, 0.5) is 22.1 Å². The number of benzene rings is 2. The van der Waals surface area contributed by atoms with Gasteiger partial charge in [-0.05, 0) is 85.4 Å². The number of carbonyl (C=O) groups is 2. The summed E-state index contributed by atoms with van der Waals surface area (Å²) in [6.45, 7) is 8.94. The zero-order chi connectivity index (χ0) is 28.3. The van der Waals surface area contributed by atoms with Crippen LogP contribution in [-0.4, -0.2) is 52.7 Å². The van der Waals surface area contributed by atoms with Crippen LogP contribution in [0.25, 0.3) is 0 Å². The molecule has 0 radical (unpaired) electrons. The monoisotopic (exact) mass is 615 g/mol. The highest BCUT2D eigenvalue weighted by Crippen LogP contribution is 2.33. The predicted octanol–water partition coefficient (Wildman–Crippen LogP) is 6.93. The van der Waals surface area contributed by atoms with Crippen LogP contribution >= 0.6 is 27.5 Å². The van der Waals surface area contributed by atoms with E-state index in [1.165, 1.54) is 18.9 Å². The minimum atomic E-state index is -0.516. The molecule has 11 heteroatoms. The lowest BCUT2D eigenvalue weighted by Gasteiger charge is -2.24. The van der Waals surface area contributed by atoms with Crippen molar-refractivity contribution in [1.82, 2.24) is 14.9 Å². The Labute approximate surface area is 241 Å². The van der Waals surface area contributed by atoms with Gasteiger partial charge in [0, 0.05) is 35.4 Å². The molecule has 1 aromatic heterocycles. The SMILES string of the molecule is COc1nc(Nc2ccc([C@@H]3CCN(C(=O)OC(C)(C)C)C3)c(C)c2)ncc1C(=O)Nc1c(Cl)cccc1Br. The first-order valence-corrected chi connectivity index (χ1v) is 13.6. The first-order valence-electron chi connectivity index (χ1n) is 12.5. The van der Waals surface area contributed by atoms with Gasteiger partial charge in [-0.25, -0.2) is 9.78 Å². The summed E-state index contributed by atoms with van der Waals surface area (Å²) in [5.74, 6) is 0.185. The van der Waals surface area contributed by atoms with E-state index >= 15 is 0 Å². The van der Waals surface area contributed by atoms with Gasteiger partial charge < -0.3 is 25.0 Å². The third-order valence-electron chi connectivity index (χ3n) is 6.20. The Balaban J connectivity index is 1.44. The first-order chi connectivity index (χ1) is 18.4. The summed E-state index contributed by atoms with van der Waals surface area (Å²) in [4.78, 5) is 35.8. The molecule has 2 N–H and O–H groups in total. The van der Waals surface area contributed by atoms with Gasteiger partial charge in [-0.15, -0.1) is 0 Å². The van der Waals surface area contributed by atoms with Crippen molar-refractivity contribution < 1.29 is 19.1 Å². The van der Waals surface area contributed by atoms with Crippen molar-refractivity contribution in [2.24, 2.45) is 0 Å². The largest absolute Gasteiger partial charge is 0.480 e. The lowest BCUT2D eigenvalue weighted by atomic mass is 9.94. The van der Waals surface area contributed by atoms with Gasteiger partial charge in [0.1, 0.15) is 11.2 Å². The molecule has 2 aromatic carbocycles. The van der Waals surface area contributed by atoms with Crippen molar-refractivity contribution in [1.29, 1.82) is 0 Å². The van der Waals surface area contributed by atoms with Crippen LogP contribution in [0.2, 0.25) is 5.02 Å². The van der Waals surface area contributed by atoms with Crippen LogP contribution in [0.3, 0.4) is 0 Å². The minimum absolute atomic E-state index is 0.120. The summed E-state index contributed by atoms with van der Waals surface area (Å²) in [5.41, 5.74) is 3.15. The molecule has 0 aliphatic carbocycles. The minimum Gasteiger partial charge on any atom is -0.480 e. The van der Waals surface area contributed by atoms with Crippen molar-refractivity contribution in [2.45, 2.75) is 45.6 Å². The maximum absolute atomic E-state index is 12.9. The fourth-order valence-electron chi connectivity index (χ4n) is 4.38. The topological polar surface area (TPSA) is 106 Å². The smallest absolute Gasteiger partial charge is 0.410 e. The summed E-state index contributed by atoms with van der Waals surface area (Å²) in [7, 11) is 1.44. The number of carbonyl (C=O) groups excluding carboxylic acids is 2. The van der Waals surface area contributed by atoms with E-state index in [0.717, 1.165) is 17.7 Å². The number of hydrogen-bond donors (Lipinski definition) is 2. The number of amides is 2. The van der Waals surface area contributed by atoms with Gasteiger partial charge in [-0.1, -0.05) is 23.7 Å². The third-order valence-corrected chi connectivity index (χ3v) is 7.17. The summed E-state index contributed by atoms with van der Waals surface area (Å²) in [5, 5.41) is 6.34. The fraction of sp³-hybridized carbons (Fsp3) is 0.357. The average Bonchev–Trinajstić information content (AvgIpc) is 3.35. The molecule has 0 saturated carbocycles. The van der Waals surface area contributed by atoms with E-state index in [2.05, 4.69) is 42.6 Å². The van der Waals surface area contributed by atoms with Gasteiger partial charge in [0.25, 0.3) is 5.91 Å². The fourth-order valence-corrected chi connectivity index (χ4v) is 5.18. The van der Waals surface area contributed by atoms with Crippen LogP contribution in [0, 0.1) is 6.92 Å². The van der Waals surface area contributed by atoms with Crippen LogP contribution in [0.15, 0.2) is 47.1 Å². The number of methoxy groups -OCH3 is 1. The van der Waals surface area contributed by atoms with E-state index in [1.54, 1.807) is 23.1 Å². The molecule has 4 rings (SSSR count). The molecule has 1 aliphatic heterocycles. The van der Waals surface area contributed by atoms with Crippen molar-refractivity contribution in [3.05, 3.63) is 68.8 Å². The van der Waals surface area contributed by atoms with Crippen LogP contribution < -0.4 is 15.4 Å². The van der Waals surface area contributed by atoms with E-state index in [0.29, 0.717) is 28.3 Å². The van der Waals surface area contributed by atoms with Gasteiger partial charge in [0.15, 0.2) is 0 Å². The second-order valence-corrected chi connectivity index (χ2v) is 11.5. The molecule has 39 heavy (non-hydrogen) atoms. The maximum atomic E-state index is 12.9. The van der Waals surface area contributed by atoms with E-state index in [-0.39, 0.29) is 29.4 Å². The zero-order valence-corrected chi connectivity index (χ0v) is 24.8. The highest BCUT2D eigenvalue weighted by atomic mass is 79.9. The van der Waals surface area contributed by atoms with Crippen LogP contribution in [0.1, 0.15) is 54.6 Å². The molecule has 9 nitrogen and oxygen atoms in total. The number of rotatable bonds is 6. The molecule has 1 fully saturated rings. The molecule has 0 unspecified atom stereocenters. The van der Waals surface area contributed by atoms with E-state index < -0.39 is 11.5 Å². The van der Waals surface area contributed by atoms with Crippen molar-refractivity contribution in [3.63, 3.8) is 0 Å². The summed E-state index contributed by atoms with van der Waals surface area (Å²) < 4.78 is 11.5. The summed E-state index contributed by atoms with van der Waals surface area (Å²) in [6, 6.07) is 11.2. The number of nitrogens with one attached hydrogen (secondary N) is 2. The molecule has 0 spiro atoms. The molecule has 2 heterocycles. The Morgan fingerprint density at radius 1 is 1.21 bits per heavy atom. The molecular weight excluding hydrogens is 586 g/mol. The van der Waals surface area contributed by atoms with Crippen molar-refractivity contribution in [3.8, 4) is 5.88 Å². The highest BCUT2D eigenvalue weighted by Gasteiger charge is 2.31. The van der Waals surface area contributed by atoms with E-state index in [4.69, 9.17) is 21.1 Å². The number of aryl methyl sites for hydroxylation is 1. The average molecular weight is 617 g/mol. The van der Waals surface area contributed by atoms with Gasteiger partial charge in [-0.2, -0.15) is 4.98 Å². The maximum Gasteiger partial charge on any atom is 0.410 e. The van der Waals surface area contributed by atoms with E-state index in [1.807, 2.05) is 39.8 Å². The lowest BCUT2D eigenvalue weighted by molar-refractivity contribution is 0.0292. The number of anilines is 3. The third kappa shape index (κ3) is 6.99. The molecule has 1 atom stereocenters. The Morgan fingerprint density at radius 2 is 1.97 bits per heavy atom. The Kier molecular flexibility index (Phi) is 8.66. The van der Waals surface area contributed by atoms with E-state index in [9.17, 15) is 9.59 Å². The summed E-state index contributed by atoms with van der Waals surface area (Å²) in [6.07, 6.45) is 2.00. The second-order valence-electron chi connectivity index (χ2n) is 10.3. The van der Waals surface area contributed by atoms with Crippen LogP contribution in [0.5, 0.6) is 5.88 Å². The predicted molar refractivity (Wildman–Crippen MR) is 155 cm³/mol. The van der Waals surface area contributed by atoms with Gasteiger partial charge in [0.2, 0.25) is 11.8 Å². The number of nitrogens with zero attached hydrogens (tertiary/aromatic N) is 3. The number of ether oxygens (including phenoxy) is 2. The Bertz CT molecular complexity index is 1370. The summed E-state index contributed by atoms with van der Waals surface area (Å²) >= 11 is 9.61. The molecule has 206 valence electrons. The Morgan fingerprint density at radius 3 is 2.64 bits per heavy atom. The molecule has 3 aromatic rings. The van der Waals surface area contributed by atoms with Crippen LogP contribution in [-0.2, 0) is 4.74 Å². The zero-order valence-electron chi connectivity index (χ0n) is 22.5. The number of para-hydroxylation sites is 1. The van der Waals surface area contributed by atoms with Gasteiger partial charge >= 0.3 is 6.09 Å². The quantitative estimate of drug-likeness (QED) is 0.309. The first kappa shape index (κ1) is 28.6. The number of halogens is 2. The van der Waals surface area contributed by atoms with Crippen molar-refractivity contribution >= 4 is 56.9 Å². The number of aromatic nitrogens is 2. The van der Waals surface area contributed by atoms with Gasteiger partial charge in [0.05, 0.1) is 17.8 Å². The number of likely N-dealkylation sites (tertiary alicyclic amines) is 1. The molecule has 1 saturated heterocycles. The van der Waals surface area contributed by atoms with Gasteiger partial charge in [-0.3, -0.25) is 4.79 Å². The lowest BCUT2D eigenvalue weighted by Crippen LogP contribution is -2.35. The highest BCUT2D eigenvalue weighted by molar-refractivity contribution is 9.10. The molecule has 0 bridgehead atoms. The standard InChI is InChI=1S/C28H31BrClN5O4/c1-16-13-18(9-10-19(16)17-11-12-35(15-17)27(37)39-28(2,3)4)32-26-31-14-20(25(34-26)38-5)24(36)33-23-21(29)7-6-8-22(23)30/h6-10,13-14,17H,11-12,15H2,1-5H3,(H,33,36)(H,31,32,34)/t17-/m1/s1. The normalized spacial score (nSPS) is 15.2. The van der Waals surface area contributed by atoms with Crippen molar-refractivity contribution in [2.75, 3.05) is 30.8 Å². The number of hydrogen-bond acceptors (Lipinski definition) is 7. The second kappa shape index (κ2) is 11.8. The Hall–Kier alpha value is -3.37. The molecular formula is C28H31BrClN5O4. The molecule has 2 amide bonds. The molecule has 1 aliphatic rings.